The van der Waals surface area contributed by atoms with E-state index in [9.17, 15) is 0 Å². The van der Waals surface area contributed by atoms with E-state index >= 15 is 0 Å². The fourth-order valence-corrected chi connectivity index (χ4v) is 2.02. The Kier molecular flexibility index (Phi) is 5.06. The van der Waals surface area contributed by atoms with Crippen LogP contribution in [0.25, 0.3) is 0 Å². The monoisotopic (exact) mass is 242 g/mol. The average molecular weight is 243 g/mol. The number of hydrogen-bond acceptors (Lipinski definition) is 3. The maximum Gasteiger partial charge on any atom is 0.0606 e. The summed E-state index contributed by atoms with van der Waals surface area (Å²) in [5.74, 6) is 0. The Morgan fingerprint density at radius 1 is 1.50 bits per heavy atom. The van der Waals surface area contributed by atoms with E-state index in [0.717, 1.165) is 17.8 Å². The molecular weight excluding hydrogens is 224 g/mol. The largest absolute Gasteiger partial charge is 0.395 e. The van der Waals surface area contributed by atoms with Crippen LogP contribution in [0.1, 0.15) is 25.5 Å². The van der Waals surface area contributed by atoms with Crippen molar-refractivity contribution in [1.29, 1.82) is 0 Å². The first-order chi connectivity index (χ1) is 7.60. The van der Waals surface area contributed by atoms with Gasteiger partial charge in [-0.05, 0) is 31.5 Å². The number of benzene rings is 1. The van der Waals surface area contributed by atoms with E-state index in [1.54, 1.807) is 0 Å². The van der Waals surface area contributed by atoms with Gasteiger partial charge in [0.25, 0.3) is 0 Å². The smallest absolute Gasteiger partial charge is 0.0606 e. The fraction of sp³-hybridized carbons (Fsp3) is 0.500. The standard InChI is InChI=1S/C12H19ClN2O/c1-3-15(6-7-16)10-4-5-11(9(2)14)12(13)8-10/h4-5,8-9,16H,3,6-7,14H2,1-2H3. The number of nitrogens with two attached hydrogens (primary N) is 1. The van der Waals surface area contributed by atoms with E-state index in [4.69, 9.17) is 22.4 Å². The molecule has 0 bridgehead atoms. The van der Waals surface area contributed by atoms with Crippen molar-refractivity contribution in [3.63, 3.8) is 0 Å². The molecule has 0 aliphatic rings. The van der Waals surface area contributed by atoms with Crippen LogP contribution in [0, 0.1) is 0 Å². The van der Waals surface area contributed by atoms with Gasteiger partial charge in [0.05, 0.1) is 6.61 Å². The maximum atomic E-state index is 8.95. The van der Waals surface area contributed by atoms with Crippen LogP contribution in [0.15, 0.2) is 18.2 Å². The molecule has 1 aromatic rings. The van der Waals surface area contributed by atoms with Gasteiger partial charge in [-0.25, -0.2) is 0 Å². The van der Waals surface area contributed by atoms with Gasteiger partial charge in [-0.2, -0.15) is 0 Å². The second kappa shape index (κ2) is 6.09. The molecule has 0 saturated carbocycles. The second-order valence-electron chi connectivity index (χ2n) is 3.80. The van der Waals surface area contributed by atoms with Crippen molar-refractivity contribution in [1.82, 2.24) is 0 Å². The number of hydrogen-bond donors (Lipinski definition) is 2. The Labute approximate surface area is 102 Å². The summed E-state index contributed by atoms with van der Waals surface area (Å²) in [7, 11) is 0. The number of rotatable bonds is 5. The second-order valence-corrected chi connectivity index (χ2v) is 4.20. The molecule has 0 radical (unpaired) electrons. The Balaban J connectivity index is 2.95. The molecule has 0 saturated heterocycles. The number of aliphatic hydroxyl groups is 1. The minimum absolute atomic E-state index is 0.0607. The van der Waals surface area contributed by atoms with Crippen molar-refractivity contribution in [2.75, 3.05) is 24.6 Å². The lowest BCUT2D eigenvalue weighted by atomic mass is 10.1. The van der Waals surface area contributed by atoms with E-state index in [0.29, 0.717) is 11.6 Å². The zero-order valence-electron chi connectivity index (χ0n) is 9.78. The summed E-state index contributed by atoms with van der Waals surface area (Å²) in [6, 6.07) is 5.78. The normalized spacial score (nSPS) is 12.6. The van der Waals surface area contributed by atoms with Crippen LogP contribution < -0.4 is 10.6 Å². The van der Waals surface area contributed by atoms with Crippen molar-refractivity contribution < 1.29 is 5.11 Å². The lowest BCUT2D eigenvalue weighted by molar-refractivity contribution is 0.302. The molecular formula is C12H19ClN2O. The van der Waals surface area contributed by atoms with Crippen molar-refractivity contribution in [2.24, 2.45) is 5.73 Å². The van der Waals surface area contributed by atoms with Gasteiger partial charge in [0.15, 0.2) is 0 Å². The van der Waals surface area contributed by atoms with Gasteiger partial charge in [-0.1, -0.05) is 17.7 Å². The van der Waals surface area contributed by atoms with E-state index < -0.39 is 0 Å². The average Bonchev–Trinajstić information content (AvgIpc) is 2.25. The Bertz CT molecular complexity index is 342. The van der Waals surface area contributed by atoms with Crippen molar-refractivity contribution in [2.45, 2.75) is 19.9 Å². The molecule has 0 aliphatic carbocycles. The molecule has 3 N–H and O–H groups in total. The van der Waals surface area contributed by atoms with Crippen LogP contribution in [0.5, 0.6) is 0 Å². The van der Waals surface area contributed by atoms with Crippen molar-refractivity contribution >= 4 is 17.3 Å². The molecule has 16 heavy (non-hydrogen) atoms. The first-order valence-corrected chi connectivity index (χ1v) is 5.88. The molecule has 90 valence electrons. The SMILES string of the molecule is CCN(CCO)c1ccc(C(C)N)c(Cl)c1. The minimum Gasteiger partial charge on any atom is -0.395 e. The highest BCUT2D eigenvalue weighted by atomic mass is 35.5. The lowest BCUT2D eigenvalue weighted by Gasteiger charge is -2.23. The van der Waals surface area contributed by atoms with Crippen LogP contribution in [0.3, 0.4) is 0 Å². The summed E-state index contributed by atoms with van der Waals surface area (Å²) in [4.78, 5) is 2.07. The van der Waals surface area contributed by atoms with Gasteiger partial charge in [-0.15, -0.1) is 0 Å². The maximum absolute atomic E-state index is 8.95. The summed E-state index contributed by atoms with van der Waals surface area (Å²) in [6.07, 6.45) is 0. The molecule has 0 aliphatic heterocycles. The molecule has 0 spiro atoms. The lowest BCUT2D eigenvalue weighted by Crippen LogP contribution is -2.26. The molecule has 1 rings (SSSR count). The number of likely N-dealkylation sites (N-methyl/N-ethyl adjacent to an activating group) is 1. The molecule has 0 aromatic heterocycles. The number of aliphatic hydroxyl groups excluding tert-OH is 1. The molecule has 1 aromatic carbocycles. The highest BCUT2D eigenvalue weighted by Crippen LogP contribution is 2.26. The fourth-order valence-electron chi connectivity index (χ4n) is 1.67. The molecule has 1 atom stereocenters. The van der Waals surface area contributed by atoms with Crippen molar-refractivity contribution in [3.05, 3.63) is 28.8 Å². The molecule has 4 heteroatoms. The molecule has 0 amide bonds. The summed E-state index contributed by atoms with van der Waals surface area (Å²) >= 11 is 6.16. The third-order valence-electron chi connectivity index (χ3n) is 2.59. The summed E-state index contributed by atoms with van der Waals surface area (Å²) in [6.45, 7) is 5.55. The first-order valence-electron chi connectivity index (χ1n) is 5.51. The van der Waals surface area contributed by atoms with Crippen LogP contribution in [0.2, 0.25) is 5.02 Å². The van der Waals surface area contributed by atoms with Crippen LogP contribution >= 0.6 is 11.6 Å². The summed E-state index contributed by atoms with van der Waals surface area (Å²) in [5.41, 5.74) is 7.76. The van der Waals surface area contributed by atoms with Crippen LogP contribution in [-0.2, 0) is 0 Å². The van der Waals surface area contributed by atoms with Gasteiger partial charge in [0.2, 0.25) is 0 Å². The third kappa shape index (κ3) is 3.11. The molecule has 3 nitrogen and oxygen atoms in total. The van der Waals surface area contributed by atoms with Crippen LogP contribution in [-0.4, -0.2) is 24.8 Å². The first kappa shape index (κ1) is 13.3. The van der Waals surface area contributed by atoms with Gasteiger partial charge >= 0.3 is 0 Å². The van der Waals surface area contributed by atoms with E-state index in [1.807, 2.05) is 32.0 Å². The Morgan fingerprint density at radius 2 is 2.19 bits per heavy atom. The molecule has 0 heterocycles. The molecule has 0 fully saturated rings. The Hall–Kier alpha value is -0.770. The predicted octanol–water partition coefficient (Wildman–Crippen LogP) is 2.18. The quantitative estimate of drug-likeness (QED) is 0.832. The molecule has 1 unspecified atom stereocenters. The third-order valence-corrected chi connectivity index (χ3v) is 2.92. The van der Waals surface area contributed by atoms with Crippen LogP contribution in [0.4, 0.5) is 5.69 Å². The van der Waals surface area contributed by atoms with E-state index in [1.165, 1.54) is 0 Å². The highest BCUT2D eigenvalue weighted by molar-refractivity contribution is 6.31. The zero-order chi connectivity index (χ0) is 12.1. The summed E-state index contributed by atoms with van der Waals surface area (Å²) < 4.78 is 0. The minimum atomic E-state index is -0.0607. The zero-order valence-corrected chi connectivity index (χ0v) is 10.5. The Morgan fingerprint density at radius 3 is 2.62 bits per heavy atom. The topological polar surface area (TPSA) is 49.5 Å². The van der Waals surface area contributed by atoms with Crippen molar-refractivity contribution in [3.8, 4) is 0 Å². The predicted molar refractivity (Wildman–Crippen MR) is 69.0 cm³/mol. The highest BCUT2D eigenvalue weighted by Gasteiger charge is 2.09. The number of nitrogens with zero attached hydrogens (tertiary/aromatic N) is 1. The van der Waals surface area contributed by atoms with Gasteiger partial charge < -0.3 is 15.7 Å². The van der Waals surface area contributed by atoms with Gasteiger partial charge in [-0.3, -0.25) is 0 Å². The van der Waals surface area contributed by atoms with Gasteiger partial charge in [0, 0.05) is 29.8 Å². The summed E-state index contributed by atoms with van der Waals surface area (Å²) in [5, 5.41) is 9.63. The van der Waals surface area contributed by atoms with E-state index in [-0.39, 0.29) is 12.6 Å². The van der Waals surface area contributed by atoms with E-state index in [2.05, 4.69) is 4.90 Å². The number of halogens is 1. The van der Waals surface area contributed by atoms with Gasteiger partial charge in [0.1, 0.15) is 0 Å². The number of anilines is 1.